The SMILES string of the molecule is CC(C)c1cc(OS(=O)(=O)C(F)(F)C(F)(F)C(F)(F)S(=O)(=O)NS(=O)(=O)C(F)(F)F)cc(C(C)C)c1N. The van der Waals surface area contributed by atoms with Crippen molar-refractivity contribution in [1.29, 1.82) is 0 Å². The summed E-state index contributed by atoms with van der Waals surface area (Å²) in [7, 11) is -22.5. The van der Waals surface area contributed by atoms with Crippen LogP contribution in [-0.4, -0.2) is 47.2 Å². The summed E-state index contributed by atoms with van der Waals surface area (Å²) in [6.45, 7) is 5.96. The molecule has 0 saturated carbocycles. The lowest BCUT2D eigenvalue weighted by Gasteiger charge is -2.31. The van der Waals surface area contributed by atoms with Crippen molar-refractivity contribution in [2.24, 2.45) is 0 Å². The molecule has 0 aliphatic heterocycles. The summed E-state index contributed by atoms with van der Waals surface area (Å²) in [5.74, 6) is -9.79. The van der Waals surface area contributed by atoms with Crippen LogP contribution in [0.3, 0.4) is 0 Å². The summed E-state index contributed by atoms with van der Waals surface area (Å²) < 4.78 is 193. The van der Waals surface area contributed by atoms with Crippen molar-refractivity contribution in [2.45, 2.75) is 61.5 Å². The van der Waals surface area contributed by atoms with E-state index in [-0.39, 0.29) is 16.8 Å². The molecule has 37 heavy (non-hydrogen) atoms. The summed E-state index contributed by atoms with van der Waals surface area (Å²) >= 11 is 0. The van der Waals surface area contributed by atoms with Gasteiger partial charge >= 0.3 is 42.1 Å². The molecule has 1 aromatic carbocycles. The van der Waals surface area contributed by atoms with Crippen LogP contribution in [0.5, 0.6) is 5.75 Å². The minimum absolute atomic E-state index is 0.0291. The number of alkyl halides is 9. The Labute approximate surface area is 205 Å². The molecule has 0 amide bonds. The zero-order valence-electron chi connectivity index (χ0n) is 18.9. The van der Waals surface area contributed by atoms with Crippen LogP contribution in [0.4, 0.5) is 45.2 Å². The van der Waals surface area contributed by atoms with Crippen LogP contribution in [0.15, 0.2) is 12.1 Å². The highest BCUT2D eigenvalue weighted by atomic mass is 32.3. The molecular formula is C16H19F9N2O7S3. The smallest absolute Gasteiger partial charge is 0.398 e. The topological polar surface area (TPSA) is 150 Å². The van der Waals surface area contributed by atoms with Gasteiger partial charge in [0.05, 0.1) is 0 Å². The molecule has 0 bridgehead atoms. The number of anilines is 1. The normalized spacial score (nSPS) is 14.9. The Hall–Kier alpha value is -2.00. The maximum atomic E-state index is 14.3. The second-order valence-corrected chi connectivity index (χ2v) is 13.2. The molecule has 0 saturated heterocycles. The number of hydrogen-bond donors (Lipinski definition) is 2. The fraction of sp³-hybridized carbons (Fsp3) is 0.625. The molecular weight excluding hydrogens is 599 g/mol. The van der Waals surface area contributed by atoms with E-state index in [4.69, 9.17) is 5.73 Å². The molecule has 0 heterocycles. The standard InChI is InChI=1S/C16H19F9N2O7S3/c1-7(2)10-5-9(6-11(8(3)4)12(10)26)34-37(32,33)15(21,22)13(17,18)14(19,20)35(28,29)27-36(30,31)16(23,24)25/h5-8,27H,26H2,1-4H3. The minimum Gasteiger partial charge on any atom is -0.398 e. The van der Waals surface area contributed by atoms with Crippen LogP contribution in [-0.2, 0) is 30.2 Å². The van der Waals surface area contributed by atoms with Gasteiger partial charge < -0.3 is 9.92 Å². The number of nitrogen functional groups attached to an aromatic ring is 1. The maximum Gasteiger partial charge on any atom is 0.512 e. The van der Waals surface area contributed by atoms with E-state index < -0.39 is 73.8 Å². The van der Waals surface area contributed by atoms with E-state index in [0.29, 0.717) is 12.1 Å². The molecule has 0 atom stereocenters. The first-order valence-electron chi connectivity index (χ1n) is 9.42. The van der Waals surface area contributed by atoms with Crippen molar-refractivity contribution in [2.75, 3.05) is 5.73 Å². The van der Waals surface area contributed by atoms with E-state index in [1.165, 1.54) is 27.7 Å². The minimum atomic E-state index is -7.87. The molecule has 0 aliphatic rings. The molecule has 21 heteroatoms. The van der Waals surface area contributed by atoms with Crippen LogP contribution in [0, 0.1) is 0 Å². The van der Waals surface area contributed by atoms with Gasteiger partial charge in [-0.3, -0.25) is 0 Å². The lowest BCUT2D eigenvalue weighted by atomic mass is 9.92. The van der Waals surface area contributed by atoms with Gasteiger partial charge in [-0.05, 0) is 35.1 Å². The second-order valence-electron chi connectivity index (χ2n) is 8.01. The number of nitrogens with two attached hydrogens (primary N) is 1. The Morgan fingerprint density at radius 2 is 1.11 bits per heavy atom. The van der Waals surface area contributed by atoms with Gasteiger partial charge in [-0.25, -0.2) is 16.8 Å². The Kier molecular flexibility index (Phi) is 8.60. The van der Waals surface area contributed by atoms with E-state index in [0.717, 1.165) is 0 Å². The lowest BCUT2D eigenvalue weighted by molar-refractivity contribution is -0.245. The first kappa shape index (κ1) is 33.0. The van der Waals surface area contributed by atoms with Crippen molar-refractivity contribution < 1.29 is 69.0 Å². The first-order chi connectivity index (χ1) is 16.1. The van der Waals surface area contributed by atoms with Gasteiger partial charge in [-0.1, -0.05) is 31.8 Å². The fourth-order valence-corrected chi connectivity index (χ4v) is 5.97. The second kappa shape index (κ2) is 9.63. The van der Waals surface area contributed by atoms with E-state index >= 15 is 0 Å². The predicted octanol–water partition coefficient (Wildman–Crippen LogP) is 3.81. The lowest BCUT2D eigenvalue weighted by Crippen LogP contribution is -2.64. The third kappa shape index (κ3) is 5.72. The molecule has 9 nitrogen and oxygen atoms in total. The van der Waals surface area contributed by atoms with Gasteiger partial charge in [0.25, 0.3) is 10.0 Å². The van der Waals surface area contributed by atoms with E-state index in [9.17, 15) is 64.8 Å². The summed E-state index contributed by atoms with van der Waals surface area (Å²) in [4.78, 5) is 0. The summed E-state index contributed by atoms with van der Waals surface area (Å²) in [5.41, 5.74) is -0.641. The van der Waals surface area contributed by atoms with Crippen molar-refractivity contribution >= 4 is 35.9 Å². The van der Waals surface area contributed by atoms with Crippen molar-refractivity contribution in [3.8, 4) is 5.75 Å². The quantitative estimate of drug-likeness (QED) is 0.228. The molecule has 0 aromatic heterocycles. The number of rotatable bonds is 10. The molecule has 0 aliphatic carbocycles. The molecule has 0 spiro atoms. The molecule has 0 fully saturated rings. The van der Waals surface area contributed by atoms with Gasteiger partial charge in [0.1, 0.15) is 5.75 Å². The number of benzene rings is 1. The van der Waals surface area contributed by atoms with Gasteiger partial charge in [0, 0.05) is 5.69 Å². The zero-order chi connectivity index (χ0) is 29.8. The number of sulfonamides is 2. The highest BCUT2D eigenvalue weighted by Gasteiger charge is 2.83. The van der Waals surface area contributed by atoms with Gasteiger partial charge in [0.2, 0.25) is 0 Å². The molecule has 0 radical (unpaired) electrons. The first-order valence-corrected chi connectivity index (χ1v) is 13.8. The zero-order valence-corrected chi connectivity index (χ0v) is 21.3. The highest BCUT2D eigenvalue weighted by Crippen LogP contribution is 2.51. The van der Waals surface area contributed by atoms with E-state index in [1.54, 1.807) is 0 Å². The number of hydrogen-bond acceptors (Lipinski definition) is 8. The van der Waals surface area contributed by atoms with Crippen LogP contribution in [0.1, 0.15) is 50.7 Å². The van der Waals surface area contributed by atoms with E-state index in [2.05, 4.69) is 4.18 Å². The molecule has 1 rings (SSSR count). The van der Waals surface area contributed by atoms with Crippen molar-refractivity contribution in [1.82, 2.24) is 4.13 Å². The molecule has 216 valence electrons. The Balaban J connectivity index is 3.65. The summed E-state index contributed by atoms with van der Waals surface area (Å²) in [6.07, 6.45) is 0. The molecule has 1 aromatic rings. The fourth-order valence-electron chi connectivity index (χ4n) is 2.59. The third-order valence-corrected chi connectivity index (χ3v) is 9.17. The van der Waals surface area contributed by atoms with Gasteiger partial charge in [-0.2, -0.15) is 47.9 Å². The summed E-state index contributed by atoms with van der Waals surface area (Å²) in [5, 5.41) is -14.6. The average Bonchev–Trinajstić information content (AvgIpc) is 2.66. The highest BCUT2D eigenvalue weighted by molar-refractivity contribution is 8.05. The van der Waals surface area contributed by atoms with E-state index in [1.807, 2.05) is 0 Å². The van der Waals surface area contributed by atoms with Crippen molar-refractivity contribution in [3.05, 3.63) is 23.3 Å². The van der Waals surface area contributed by atoms with Crippen LogP contribution < -0.4 is 14.0 Å². The Morgan fingerprint density at radius 1 is 0.730 bits per heavy atom. The van der Waals surface area contributed by atoms with Gasteiger partial charge in [0.15, 0.2) is 0 Å². The van der Waals surface area contributed by atoms with Gasteiger partial charge in [-0.15, -0.1) is 0 Å². The maximum absolute atomic E-state index is 14.3. The summed E-state index contributed by atoms with van der Waals surface area (Å²) in [6, 6.07) is 1.40. The monoisotopic (exact) mass is 618 g/mol. The van der Waals surface area contributed by atoms with Crippen LogP contribution in [0.2, 0.25) is 0 Å². The Bertz CT molecular complexity index is 1330. The third-order valence-electron chi connectivity index (χ3n) is 4.57. The molecule has 3 N–H and O–H groups in total. The average molecular weight is 619 g/mol. The Morgan fingerprint density at radius 3 is 1.43 bits per heavy atom. The number of nitrogens with one attached hydrogen (secondary N) is 1. The predicted molar refractivity (Wildman–Crippen MR) is 110 cm³/mol. The van der Waals surface area contributed by atoms with Crippen molar-refractivity contribution in [3.63, 3.8) is 0 Å². The molecule has 0 unspecified atom stereocenters. The largest absolute Gasteiger partial charge is 0.512 e. The van der Waals surface area contributed by atoms with Crippen LogP contribution >= 0.6 is 0 Å². The number of halogens is 9. The van der Waals surface area contributed by atoms with Crippen LogP contribution in [0.25, 0.3) is 0 Å².